The Labute approximate surface area is 89.9 Å². The molecule has 0 atom stereocenters. The number of unbranched alkanes of at least 4 members (excludes halogenated alkanes) is 1. The summed E-state index contributed by atoms with van der Waals surface area (Å²) in [6, 6.07) is 0. The fourth-order valence-electron chi connectivity index (χ4n) is 0.621. The van der Waals surface area contributed by atoms with E-state index in [0.717, 1.165) is 12.8 Å². The van der Waals surface area contributed by atoms with Crippen LogP contribution in [0.3, 0.4) is 0 Å². The monoisotopic (exact) mass is 214 g/mol. The van der Waals surface area contributed by atoms with Crippen LogP contribution in [0, 0.1) is 0 Å². The van der Waals surface area contributed by atoms with E-state index in [1.54, 1.807) is 0 Å². The zero-order chi connectivity index (χ0) is 12.3. The van der Waals surface area contributed by atoms with E-state index in [9.17, 15) is 9.59 Å². The normalized spacial score (nSPS) is 8.33. The van der Waals surface area contributed by atoms with Crippen LogP contribution in [0.25, 0.3) is 0 Å². The summed E-state index contributed by atoms with van der Waals surface area (Å²) in [6.45, 7) is 8.64. The molecular formula is C11H18O4. The van der Waals surface area contributed by atoms with Gasteiger partial charge in [0.05, 0.1) is 6.42 Å². The Morgan fingerprint density at radius 3 is 2.07 bits per heavy atom. The highest BCUT2D eigenvalue weighted by molar-refractivity contribution is 5.85. The highest BCUT2D eigenvalue weighted by atomic mass is 16.4. The van der Waals surface area contributed by atoms with Crippen molar-refractivity contribution in [1.82, 2.24) is 0 Å². The first kappa shape index (κ1) is 15.9. The van der Waals surface area contributed by atoms with Gasteiger partial charge in [0.25, 0.3) is 0 Å². The summed E-state index contributed by atoms with van der Waals surface area (Å²) in [6.07, 6.45) is 3.96. The first-order chi connectivity index (χ1) is 6.95. The van der Waals surface area contributed by atoms with Crippen LogP contribution in [0.15, 0.2) is 24.8 Å². The lowest BCUT2D eigenvalue weighted by Gasteiger charge is -1.95. The van der Waals surface area contributed by atoms with Gasteiger partial charge in [0.15, 0.2) is 0 Å². The van der Waals surface area contributed by atoms with E-state index in [-0.39, 0.29) is 6.42 Å². The van der Waals surface area contributed by atoms with Gasteiger partial charge in [-0.15, -0.1) is 6.58 Å². The van der Waals surface area contributed by atoms with Crippen molar-refractivity contribution < 1.29 is 19.8 Å². The molecule has 0 aromatic heterocycles. The zero-order valence-corrected chi connectivity index (χ0v) is 9.03. The third-order valence-corrected chi connectivity index (χ3v) is 1.45. The summed E-state index contributed by atoms with van der Waals surface area (Å²) < 4.78 is 0. The van der Waals surface area contributed by atoms with Gasteiger partial charge >= 0.3 is 11.9 Å². The van der Waals surface area contributed by atoms with Gasteiger partial charge in [-0.1, -0.05) is 26.0 Å². The fraction of sp³-hybridized carbons (Fsp3) is 0.455. The van der Waals surface area contributed by atoms with Crippen LogP contribution >= 0.6 is 0 Å². The second kappa shape index (κ2) is 10.5. The molecule has 0 spiro atoms. The molecule has 0 aromatic carbocycles. The molecular weight excluding hydrogens is 196 g/mol. The molecule has 0 saturated carbocycles. The van der Waals surface area contributed by atoms with Gasteiger partial charge in [0, 0.05) is 5.57 Å². The number of hydrogen-bond donors (Lipinski definition) is 2. The number of hydrogen-bond acceptors (Lipinski definition) is 2. The van der Waals surface area contributed by atoms with Crippen LogP contribution in [-0.2, 0) is 9.59 Å². The summed E-state index contributed by atoms with van der Waals surface area (Å²) >= 11 is 0. The Morgan fingerprint density at radius 1 is 1.33 bits per heavy atom. The van der Waals surface area contributed by atoms with Gasteiger partial charge in [0.2, 0.25) is 0 Å². The standard InChI is InChI=1S/C7H12O2.C4H6O2/c1-3-4-5-6(2)7(8)9;1-2-3-4(5)6/h2-5H2,1H3,(H,8,9);2H,1,3H2,(H,5,6). The summed E-state index contributed by atoms with van der Waals surface area (Å²) in [4.78, 5) is 19.6. The number of aliphatic carboxylic acids is 2. The van der Waals surface area contributed by atoms with Crippen molar-refractivity contribution in [3.8, 4) is 0 Å². The van der Waals surface area contributed by atoms with E-state index < -0.39 is 11.9 Å². The minimum Gasteiger partial charge on any atom is -0.481 e. The summed E-state index contributed by atoms with van der Waals surface area (Å²) in [7, 11) is 0. The largest absolute Gasteiger partial charge is 0.481 e. The van der Waals surface area contributed by atoms with Crippen LogP contribution in [0.5, 0.6) is 0 Å². The maximum atomic E-state index is 10.1. The Kier molecular flexibility index (Phi) is 11.1. The van der Waals surface area contributed by atoms with Crippen molar-refractivity contribution in [1.29, 1.82) is 0 Å². The van der Waals surface area contributed by atoms with Gasteiger partial charge in [-0.25, -0.2) is 4.79 Å². The van der Waals surface area contributed by atoms with E-state index in [4.69, 9.17) is 10.2 Å². The van der Waals surface area contributed by atoms with E-state index in [0.29, 0.717) is 12.0 Å². The average Bonchev–Trinajstić information content (AvgIpc) is 2.14. The first-order valence-corrected chi connectivity index (χ1v) is 4.69. The lowest BCUT2D eigenvalue weighted by atomic mass is 10.1. The highest BCUT2D eigenvalue weighted by Gasteiger charge is 2.00. The third-order valence-electron chi connectivity index (χ3n) is 1.45. The minimum absolute atomic E-state index is 0.0556. The molecule has 0 fully saturated rings. The Bertz CT molecular complexity index is 231. The van der Waals surface area contributed by atoms with E-state index in [1.807, 2.05) is 6.92 Å². The molecule has 86 valence electrons. The van der Waals surface area contributed by atoms with Crippen molar-refractivity contribution in [3.05, 3.63) is 24.8 Å². The van der Waals surface area contributed by atoms with Crippen molar-refractivity contribution >= 4 is 11.9 Å². The fourth-order valence-corrected chi connectivity index (χ4v) is 0.621. The second-order valence-electron chi connectivity index (χ2n) is 2.90. The van der Waals surface area contributed by atoms with Crippen LogP contribution in [-0.4, -0.2) is 22.2 Å². The van der Waals surface area contributed by atoms with Crippen LogP contribution < -0.4 is 0 Å². The third kappa shape index (κ3) is 15.2. The first-order valence-electron chi connectivity index (χ1n) is 4.69. The number of rotatable bonds is 6. The second-order valence-corrected chi connectivity index (χ2v) is 2.90. The average molecular weight is 214 g/mol. The predicted octanol–water partition coefficient (Wildman–Crippen LogP) is 2.46. The van der Waals surface area contributed by atoms with Crippen molar-refractivity contribution in [3.63, 3.8) is 0 Å². The molecule has 0 heterocycles. The van der Waals surface area contributed by atoms with Crippen LogP contribution in [0.1, 0.15) is 32.6 Å². The smallest absolute Gasteiger partial charge is 0.330 e. The summed E-state index contributed by atoms with van der Waals surface area (Å²) in [5.41, 5.74) is 0.317. The Balaban J connectivity index is 0. The topological polar surface area (TPSA) is 74.6 Å². The van der Waals surface area contributed by atoms with Crippen LogP contribution in [0.2, 0.25) is 0 Å². The Morgan fingerprint density at radius 2 is 1.87 bits per heavy atom. The van der Waals surface area contributed by atoms with Gasteiger partial charge in [0.1, 0.15) is 0 Å². The molecule has 0 bridgehead atoms. The van der Waals surface area contributed by atoms with Crippen LogP contribution in [0.4, 0.5) is 0 Å². The molecule has 0 aromatic rings. The minimum atomic E-state index is -0.872. The molecule has 0 aliphatic heterocycles. The molecule has 0 amide bonds. The van der Waals surface area contributed by atoms with E-state index in [2.05, 4.69) is 13.2 Å². The number of carboxylic acid groups (broad SMARTS) is 2. The molecule has 2 N–H and O–H groups in total. The zero-order valence-electron chi connectivity index (χ0n) is 9.03. The molecule has 0 unspecified atom stereocenters. The molecule has 4 heteroatoms. The van der Waals surface area contributed by atoms with Crippen molar-refractivity contribution in [2.45, 2.75) is 32.6 Å². The molecule has 0 saturated heterocycles. The maximum Gasteiger partial charge on any atom is 0.330 e. The van der Waals surface area contributed by atoms with E-state index >= 15 is 0 Å². The number of carbonyl (C=O) groups is 2. The maximum absolute atomic E-state index is 10.1. The molecule has 0 aliphatic rings. The van der Waals surface area contributed by atoms with Crippen molar-refractivity contribution in [2.75, 3.05) is 0 Å². The SMILES string of the molecule is C=C(CCCC)C(=O)O.C=CCC(=O)O. The Hall–Kier alpha value is -1.58. The molecule has 0 rings (SSSR count). The quantitative estimate of drug-likeness (QED) is 0.526. The van der Waals surface area contributed by atoms with Gasteiger partial charge < -0.3 is 10.2 Å². The molecule has 4 nitrogen and oxygen atoms in total. The predicted molar refractivity (Wildman–Crippen MR) is 58.8 cm³/mol. The lowest BCUT2D eigenvalue weighted by molar-refractivity contribution is -0.136. The van der Waals surface area contributed by atoms with Gasteiger partial charge in [-0.05, 0) is 12.8 Å². The highest BCUT2D eigenvalue weighted by Crippen LogP contribution is 2.03. The van der Waals surface area contributed by atoms with Gasteiger partial charge in [-0.3, -0.25) is 4.79 Å². The van der Waals surface area contributed by atoms with Gasteiger partial charge in [-0.2, -0.15) is 0 Å². The molecule has 15 heavy (non-hydrogen) atoms. The lowest BCUT2D eigenvalue weighted by Crippen LogP contribution is -1.97. The van der Waals surface area contributed by atoms with E-state index in [1.165, 1.54) is 6.08 Å². The summed E-state index contributed by atoms with van der Waals surface area (Å²) in [5, 5.41) is 16.2. The summed E-state index contributed by atoms with van der Waals surface area (Å²) in [5.74, 6) is -1.70. The van der Waals surface area contributed by atoms with Crippen molar-refractivity contribution in [2.24, 2.45) is 0 Å². The number of carboxylic acids is 2. The molecule has 0 radical (unpaired) electrons. The molecule has 0 aliphatic carbocycles.